The van der Waals surface area contributed by atoms with E-state index in [1.165, 1.54) is 5.56 Å². The number of benzene rings is 1. The van der Waals surface area contributed by atoms with Crippen molar-refractivity contribution in [1.29, 1.82) is 0 Å². The van der Waals surface area contributed by atoms with Gasteiger partial charge in [-0.25, -0.2) is 0 Å². The van der Waals surface area contributed by atoms with E-state index >= 15 is 0 Å². The minimum Gasteiger partial charge on any atom is -0.368 e. The molecule has 0 atom stereocenters. The van der Waals surface area contributed by atoms with Crippen LogP contribution in [0.15, 0.2) is 21.1 Å². The fraction of sp³-hybridized carbons (Fsp3) is 0.455. The van der Waals surface area contributed by atoms with Gasteiger partial charge in [-0.05, 0) is 40.5 Å². The summed E-state index contributed by atoms with van der Waals surface area (Å²) in [4.78, 5) is 2.18. The molecule has 0 radical (unpaired) electrons. The summed E-state index contributed by atoms with van der Waals surface area (Å²) in [6.07, 6.45) is 0. The molecule has 16 heavy (non-hydrogen) atoms. The summed E-state index contributed by atoms with van der Waals surface area (Å²) in [7, 11) is 0. The molecular weight excluding hydrogens is 377 g/mol. The van der Waals surface area contributed by atoms with E-state index in [9.17, 15) is 0 Å². The Morgan fingerprint density at radius 3 is 2.12 bits per heavy atom. The van der Waals surface area contributed by atoms with E-state index in [-0.39, 0.29) is 0 Å². The zero-order valence-corrected chi connectivity index (χ0v) is 13.6. The molecular formula is C11H13Br2Cl2N. The highest BCUT2D eigenvalue weighted by Crippen LogP contribution is 2.32. The van der Waals surface area contributed by atoms with Gasteiger partial charge in [0.1, 0.15) is 0 Å². The van der Waals surface area contributed by atoms with Gasteiger partial charge in [0.05, 0.1) is 5.69 Å². The molecule has 0 unspecified atom stereocenters. The minimum atomic E-state index is 0.596. The van der Waals surface area contributed by atoms with E-state index in [1.54, 1.807) is 0 Å². The number of halogens is 4. The van der Waals surface area contributed by atoms with Crippen LogP contribution >= 0.6 is 55.1 Å². The van der Waals surface area contributed by atoms with Crippen molar-refractivity contribution in [2.45, 2.75) is 6.92 Å². The summed E-state index contributed by atoms with van der Waals surface area (Å²) in [5.41, 5.74) is 2.34. The summed E-state index contributed by atoms with van der Waals surface area (Å²) >= 11 is 18.7. The molecule has 0 amide bonds. The van der Waals surface area contributed by atoms with Gasteiger partial charge in [0, 0.05) is 33.8 Å². The number of hydrogen-bond donors (Lipinski definition) is 0. The lowest BCUT2D eigenvalue weighted by Crippen LogP contribution is -2.28. The maximum absolute atomic E-state index is 5.80. The van der Waals surface area contributed by atoms with Crippen LogP contribution in [0.1, 0.15) is 5.56 Å². The summed E-state index contributed by atoms with van der Waals surface area (Å²) < 4.78 is 2.15. The van der Waals surface area contributed by atoms with Crippen LogP contribution in [0.25, 0.3) is 0 Å². The normalized spacial score (nSPS) is 10.6. The molecule has 1 aromatic rings. The molecule has 0 heterocycles. The lowest BCUT2D eigenvalue weighted by molar-refractivity contribution is 0.870. The Bertz CT molecular complexity index is 352. The molecule has 5 heteroatoms. The second-order valence-electron chi connectivity index (χ2n) is 3.42. The molecule has 0 aromatic heterocycles. The third kappa shape index (κ3) is 3.80. The van der Waals surface area contributed by atoms with Gasteiger partial charge in [0.25, 0.3) is 0 Å². The molecule has 1 nitrogen and oxygen atoms in total. The monoisotopic (exact) mass is 387 g/mol. The highest BCUT2D eigenvalue weighted by atomic mass is 79.9. The Morgan fingerprint density at radius 1 is 1.06 bits per heavy atom. The van der Waals surface area contributed by atoms with E-state index in [0.717, 1.165) is 27.7 Å². The van der Waals surface area contributed by atoms with E-state index in [1.807, 2.05) is 0 Å². The zero-order valence-electron chi connectivity index (χ0n) is 8.94. The highest BCUT2D eigenvalue weighted by Gasteiger charge is 2.11. The maximum Gasteiger partial charge on any atom is 0.0514 e. The molecule has 0 spiro atoms. The molecule has 1 aromatic carbocycles. The summed E-state index contributed by atoms with van der Waals surface area (Å²) in [6.45, 7) is 3.67. The predicted octanol–water partition coefficient (Wildman–Crippen LogP) is 4.80. The van der Waals surface area contributed by atoms with Crippen LogP contribution in [-0.2, 0) is 0 Å². The largest absolute Gasteiger partial charge is 0.368 e. The van der Waals surface area contributed by atoms with Gasteiger partial charge in [0.2, 0.25) is 0 Å². The van der Waals surface area contributed by atoms with Crippen LogP contribution in [0, 0.1) is 6.92 Å². The maximum atomic E-state index is 5.80. The van der Waals surface area contributed by atoms with Gasteiger partial charge in [-0.2, -0.15) is 0 Å². The number of hydrogen-bond acceptors (Lipinski definition) is 1. The molecule has 0 aliphatic rings. The third-order valence-electron chi connectivity index (χ3n) is 2.28. The summed E-state index contributed by atoms with van der Waals surface area (Å²) in [5.74, 6) is 1.19. The molecule has 0 bridgehead atoms. The zero-order chi connectivity index (χ0) is 12.1. The Balaban J connectivity index is 3.03. The SMILES string of the molecule is Cc1cc(N(CCCl)CCCl)c(Br)cc1Br. The quantitative estimate of drug-likeness (QED) is 0.653. The van der Waals surface area contributed by atoms with Crippen molar-refractivity contribution < 1.29 is 0 Å². The Labute approximate surface area is 123 Å². The number of alkyl halides is 2. The number of anilines is 1. The smallest absolute Gasteiger partial charge is 0.0514 e. The predicted molar refractivity (Wildman–Crippen MR) is 80.2 cm³/mol. The minimum absolute atomic E-state index is 0.596. The fourth-order valence-corrected chi connectivity index (χ4v) is 3.09. The molecule has 0 fully saturated rings. The fourth-order valence-electron chi connectivity index (χ4n) is 1.44. The molecule has 0 aliphatic heterocycles. The van der Waals surface area contributed by atoms with E-state index in [2.05, 4.69) is 55.8 Å². The van der Waals surface area contributed by atoms with Gasteiger partial charge in [-0.15, -0.1) is 23.2 Å². The van der Waals surface area contributed by atoms with Crippen molar-refractivity contribution in [3.63, 3.8) is 0 Å². The molecule has 1 rings (SSSR count). The third-order valence-corrected chi connectivity index (χ3v) is 4.11. The van der Waals surface area contributed by atoms with Crippen LogP contribution in [0.2, 0.25) is 0 Å². The Hall–Kier alpha value is 0.560. The molecule has 0 saturated carbocycles. The van der Waals surface area contributed by atoms with Gasteiger partial charge >= 0.3 is 0 Å². The van der Waals surface area contributed by atoms with Crippen LogP contribution in [0.4, 0.5) is 5.69 Å². The topological polar surface area (TPSA) is 3.24 Å². The van der Waals surface area contributed by atoms with Gasteiger partial charge in [0.15, 0.2) is 0 Å². The van der Waals surface area contributed by atoms with Crippen molar-refractivity contribution in [1.82, 2.24) is 0 Å². The first kappa shape index (κ1) is 14.6. The Morgan fingerprint density at radius 2 is 1.62 bits per heavy atom. The van der Waals surface area contributed by atoms with Crippen molar-refractivity contribution in [2.75, 3.05) is 29.7 Å². The first-order valence-electron chi connectivity index (χ1n) is 4.92. The van der Waals surface area contributed by atoms with E-state index in [0.29, 0.717) is 11.8 Å². The standard InChI is InChI=1S/C11H13Br2Cl2N/c1-8-6-11(10(13)7-9(8)12)16(4-2-14)5-3-15/h6-7H,2-5H2,1H3. The lowest BCUT2D eigenvalue weighted by atomic mass is 10.2. The molecule has 0 aliphatic carbocycles. The number of aryl methyl sites for hydroxylation is 1. The van der Waals surface area contributed by atoms with Crippen LogP contribution < -0.4 is 4.90 Å². The number of nitrogens with zero attached hydrogens (tertiary/aromatic N) is 1. The second kappa shape index (κ2) is 7.10. The average Bonchev–Trinajstić information content (AvgIpc) is 2.23. The van der Waals surface area contributed by atoms with Crippen molar-refractivity contribution in [3.05, 3.63) is 26.6 Å². The molecule has 0 N–H and O–H groups in total. The molecule has 0 saturated heterocycles. The average molecular weight is 390 g/mol. The summed E-state index contributed by atoms with van der Waals surface area (Å²) in [6, 6.07) is 4.19. The van der Waals surface area contributed by atoms with Crippen LogP contribution in [0.5, 0.6) is 0 Å². The lowest BCUT2D eigenvalue weighted by Gasteiger charge is -2.24. The van der Waals surface area contributed by atoms with Crippen molar-refractivity contribution in [2.24, 2.45) is 0 Å². The van der Waals surface area contributed by atoms with E-state index < -0.39 is 0 Å². The first-order chi connectivity index (χ1) is 7.60. The summed E-state index contributed by atoms with van der Waals surface area (Å²) in [5, 5.41) is 0. The van der Waals surface area contributed by atoms with Crippen LogP contribution in [-0.4, -0.2) is 24.8 Å². The van der Waals surface area contributed by atoms with Gasteiger partial charge in [-0.3, -0.25) is 0 Å². The first-order valence-corrected chi connectivity index (χ1v) is 7.58. The second-order valence-corrected chi connectivity index (χ2v) is 5.88. The van der Waals surface area contributed by atoms with Crippen molar-refractivity contribution in [3.8, 4) is 0 Å². The highest BCUT2D eigenvalue weighted by molar-refractivity contribution is 9.11. The van der Waals surface area contributed by atoms with Gasteiger partial charge in [-0.1, -0.05) is 15.9 Å². The van der Waals surface area contributed by atoms with Crippen LogP contribution in [0.3, 0.4) is 0 Å². The van der Waals surface area contributed by atoms with E-state index in [4.69, 9.17) is 23.2 Å². The number of rotatable bonds is 5. The Kier molecular flexibility index (Phi) is 6.48. The van der Waals surface area contributed by atoms with Crippen molar-refractivity contribution >= 4 is 60.7 Å². The van der Waals surface area contributed by atoms with Gasteiger partial charge < -0.3 is 4.90 Å². The molecule has 90 valence electrons.